The highest BCUT2D eigenvalue weighted by Gasteiger charge is 2.16. The molecule has 0 aliphatic heterocycles. The SMILES string of the molecule is Cc1cccc(C)c1-n1c(C)cc(C=Nn2c(C(C)C)nc3ccc(Br)cc3c2=O)c1C. The minimum absolute atomic E-state index is 0.0509. The van der Waals surface area contributed by atoms with E-state index in [0.717, 1.165) is 21.4 Å². The second-order valence-electron chi connectivity index (χ2n) is 8.55. The number of rotatable bonds is 4. The lowest BCUT2D eigenvalue weighted by Gasteiger charge is -2.15. The average molecular weight is 491 g/mol. The minimum Gasteiger partial charge on any atom is -0.317 e. The molecule has 0 spiro atoms. The highest BCUT2D eigenvalue weighted by Crippen LogP contribution is 2.25. The Morgan fingerprint density at radius 3 is 2.38 bits per heavy atom. The van der Waals surface area contributed by atoms with E-state index in [2.05, 4.69) is 77.6 Å². The predicted molar refractivity (Wildman–Crippen MR) is 136 cm³/mol. The number of benzene rings is 2. The van der Waals surface area contributed by atoms with Crippen LogP contribution in [0, 0.1) is 27.7 Å². The van der Waals surface area contributed by atoms with Gasteiger partial charge in [0.25, 0.3) is 5.56 Å². The molecule has 4 rings (SSSR count). The van der Waals surface area contributed by atoms with Gasteiger partial charge in [0.2, 0.25) is 0 Å². The Labute approximate surface area is 196 Å². The Balaban J connectivity index is 1.87. The summed E-state index contributed by atoms with van der Waals surface area (Å²) in [5.74, 6) is 0.694. The molecule has 164 valence electrons. The maximum Gasteiger partial charge on any atom is 0.282 e. The minimum atomic E-state index is -0.167. The van der Waals surface area contributed by atoms with Crippen LogP contribution in [0.5, 0.6) is 0 Å². The molecule has 0 saturated carbocycles. The van der Waals surface area contributed by atoms with Crippen molar-refractivity contribution in [1.29, 1.82) is 0 Å². The summed E-state index contributed by atoms with van der Waals surface area (Å²) < 4.78 is 4.53. The van der Waals surface area contributed by atoms with Crippen LogP contribution < -0.4 is 5.56 Å². The highest BCUT2D eigenvalue weighted by molar-refractivity contribution is 9.10. The van der Waals surface area contributed by atoms with Crippen LogP contribution in [0.15, 0.2) is 56.8 Å². The van der Waals surface area contributed by atoms with Crippen LogP contribution in [0.3, 0.4) is 0 Å². The van der Waals surface area contributed by atoms with E-state index in [9.17, 15) is 4.79 Å². The summed E-state index contributed by atoms with van der Waals surface area (Å²) in [6, 6.07) is 14.0. The van der Waals surface area contributed by atoms with Crippen molar-refractivity contribution in [2.45, 2.75) is 47.5 Å². The number of fused-ring (bicyclic) bond motifs is 1. The van der Waals surface area contributed by atoms with Gasteiger partial charge in [0.05, 0.1) is 22.8 Å². The lowest BCUT2D eigenvalue weighted by atomic mass is 10.1. The third-order valence-corrected chi connectivity index (χ3v) is 6.29. The molecule has 0 N–H and O–H groups in total. The van der Waals surface area contributed by atoms with E-state index in [0.29, 0.717) is 16.7 Å². The van der Waals surface area contributed by atoms with Crippen molar-refractivity contribution in [1.82, 2.24) is 14.2 Å². The number of hydrogen-bond donors (Lipinski definition) is 0. The maximum absolute atomic E-state index is 13.3. The summed E-state index contributed by atoms with van der Waals surface area (Å²) in [5.41, 5.74) is 7.33. The van der Waals surface area contributed by atoms with Crippen molar-refractivity contribution in [3.8, 4) is 5.69 Å². The Morgan fingerprint density at radius 1 is 1.03 bits per heavy atom. The zero-order chi connectivity index (χ0) is 23.2. The molecule has 32 heavy (non-hydrogen) atoms. The molecule has 0 amide bonds. The third kappa shape index (κ3) is 3.84. The quantitative estimate of drug-likeness (QED) is 0.320. The number of aromatic nitrogens is 3. The molecule has 0 unspecified atom stereocenters. The Kier molecular flexibility index (Phi) is 5.91. The molecule has 4 aromatic rings. The number of hydrogen-bond acceptors (Lipinski definition) is 3. The van der Waals surface area contributed by atoms with Gasteiger partial charge in [-0.05, 0) is 63.1 Å². The van der Waals surface area contributed by atoms with Crippen LogP contribution in [-0.2, 0) is 0 Å². The molecule has 2 heterocycles. The van der Waals surface area contributed by atoms with Crippen molar-refractivity contribution < 1.29 is 0 Å². The average Bonchev–Trinajstić information content (AvgIpc) is 3.01. The van der Waals surface area contributed by atoms with Gasteiger partial charge in [-0.25, -0.2) is 4.98 Å². The van der Waals surface area contributed by atoms with Gasteiger partial charge in [-0.2, -0.15) is 9.78 Å². The molecule has 2 aromatic heterocycles. The largest absolute Gasteiger partial charge is 0.317 e. The molecular formula is C26H27BrN4O. The van der Waals surface area contributed by atoms with Crippen molar-refractivity contribution in [2.75, 3.05) is 0 Å². The smallest absolute Gasteiger partial charge is 0.282 e. The summed E-state index contributed by atoms with van der Waals surface area (Å²) in [4.78, 5) is 18.0. The maximum atomic E-state index is 13.3. The topological polar surface area (TPSA) is 52.2 Å². The van der Waals surface area contributed by atoms with Crippen molar-refractivity contribution in [3.63, 3.8) is 0 Å². The third-order valence-electron chi connectivity index (χ3n) is 5.80. The first-order chi connectivity index (χ1) is 15.2. The monoisotopic (exact) mass is 490 g/mol. The predicted octanol–water partition coefficient (Wildman–Crippen LogP) is 6.19. The van der Waals surface area contributed by atoms with Crippen LogP contribution in [0.25, 0.3) is 16.6 Å². The molecule has 0 bridgehead atoms. The molecule has 2 aromatic carbocycles. The number of para-hydroxylation sites is 1. The Morgan fingerprint density at radius 2 is 1.72 bits per heavy atom. The van der Waals surface area contributed by atoms with Gasteiger partial charge in [-0.15, -0.1) is 0 Å². The fourth-order valence-electron chi connectivity index (χ4n) is 4.19. The molecule has 0 aliphatic carbocycles. The zero-order valence-corrected chi connectivity index (χ0v) is 20.9. The van der Waals surface area contributed by atoms with E-state index in [-0.39, 0.29) is 11.5 Å². The summed E-state index contributed by atoms with van der Waals surface area (Å²) in [7, 11) is 0. The van der Waals surface area contributed by atoms with Crippen molar-refractivity contribution in [2.24, 2.45) is 5.10 Å². The van der Waals surface area contributed by atoms with Crippen LogP contribution in [-0.4, -0.2) is 20.4 Å². The van der Waals surface area contributed by atoms with Gasteiger partial charge in [0.15, 0.2) is 0 Å². The van der Waals surface area contributed by atoms with E-state index in [4.69, 9.17) is 4.98 Å². The summed E-state index contributed by atoms with van der Waals surface area (Å²) >= 11 is 3.45. The van der Waals surface area contributed by atoms with Crippen LogP contribution >= 0.6 is 15.9 Å². The first-order valence-corrected chi connectivity index (χ1v) is 11.5. The molecule has 0 fully saturated rings. The van der Waals surface area contributed by atoms with Gasteiger partial charge in [-0.1, -0.05) is 48.0 Å². The molecule has 0 atom stereocenters. The fourth-order valence-corrected chi connectivity index (χ4v) is 4.55. The van der Waals surface area contributed by atoms with Gasteiger partial charge in [0.1, 0.15) is 5.82 Å². The molecule has 0 saturated heterocycles. The lowest BCUT2D eigenvalue weighted by molar-refractivity contribution is 0.665. The van der Waals surface area contributed by atoms with Gasteiger partial charge in [-0.3, -0.25) is 4.79 Å². The van der Waals surface area contributed by atoms with Gasteiger partial charge >= 0.3 is 0 Å². The summed E-state index contributed by atoms with van der Waals surface area (Å²) in [6.45, 7) is 12.5. The number of halogens is 1. The molecule has 6 heteroatoms. The summed E-state index contributed by atoms with van der Waals surface area (Å²) in [5, 5.41) is 5.16. The Bertz CT molecular complexity index is 1410. The van der Waals surface area contributed by atoms with Crippen molar-refractivity contribution >= 4 is 33.0 Å². The number of nitrogens with zero attached hydrogens (tertiary/aromatic N) is 4. The molecular weight excluding hydrogens is 464 g/mol. The first-order valence-electron chi connectivity index (χ1n) is 10.7. The lowest BCUT2D eigenvalue weighted by Crippen LogP contribution is -2.23. The second-order valence-corrected chi connectivity index (χ2v) is 9.47. The van der Waals surface area contributed by atoms with Crippen molar-refractivity contribution in [3.05, 3.63) is 91.2 Å². The van der Waals surface area contributed by atoms with E-state index in [1.165, 1.54) is 21.5 Å². The van der Waals surface area contributed by atoms with Gasteiger partial charge in [0, 0.05) is 27.3 Å². The van der Waals surface area contributed by atoms with E-state index in [1.54, 1.807) is 12.3 Å². The first kappa shape index (κ1) is 22.2. The fraction of sp³-hybridized carbons (Fsp3) is 0.269. The summed E-state index contributed by atoms with van der Waals surface area (Å²) in [6.07, 6.45) is 1.77. The second kappa shape index (κ2) is 8.51. The standard InChI is InChI=1S/C26H27BrN4O/c1-15(2)25-29-23-11-10-21(27)13-22(23)26(32)31(25)28-14-20-12-18(5)30(19(20)6)24-16(3)8-7-9-17(24)4/h7-15H,1-6H3. The highest BCUT2D eigenvalue weighted by atomic mass is 79.9. The number of aryl methyl sites for hydroxylation is 3. The van der Waals surface area contributed by atoms with Crippen LogP contribution in [0.4, 0.5) is 0 Å². The Hall–Kier alpha value is -2.99. The molecule has 0 aliphatic rings. The van der Waals surface area contributed by atoms with E-state index < -0.39 is 0 Å². The van der Waals surface area contributed by atoms with Crippen LogP contribution in [0.1, 0.15) is 53.7 Å². The van der Waals surface area contributed by atoms with Gasteiger partial charge < -0.3 is 4.57 Å². The van der Waals surface area contributed by atoms with E-state index >= 15 is 0 Å². The zero-order valence-electron chi connectivity index (χ0n) is 19.3. The van der Waals surface area contributed by atoms with E-state index in [1.807, 2.05) is 26.0 Å². The molecule has 5 nitrogen and oxygen atoms in total. The molecule has 0 radical (unpaired) electrons. The normalized spacial score (nSPS) is 11.9. The van der Waals surface area contributed by atoms with Crippen LogP contribution in [0.2, 0.25) is 0 Å².